The van der Waals surface area contributed by atoms with Gasteiger partial charge in [0.2, 0.25) is 0 Å². The van der Waals surface area contributed by atoms with Gasteiger partial charge in [0.1, 0.15) is 5.82 Å². The zero-order valence-corrected chi connectivity index (χ0v) is 11.7. The van der Waals surface area contributed by atoms with E-state index in [4.69, 9.17) is 5.11 Å². The van der Waals surface area contributed by atoms with Crippen LogP contribution in [0.15, 0.2) is 22.7 Å². The Morgan fingerprint density at radius 2 is 2.16 bits per heavy atom. The lowest BCUT2D eigenvalue weighted by Crippen LogP contribution is -2.42. The van der Waals surface area contributed by atoms with E-state index < -0.39 is 23.6 Å². The Morgan fingerprint density at radius 1 is 1.42 bits per heavy atom. The fourth-order valence-corrected chi connectivity index (χ4v) is 2.57. The Morgan fingerprint density at radius 3 is 2.84 bits per heavy atom. The summed E-state index contributed by atoms with van der Waals surface area (Å²) in [6, 6.07) is 4.51. The third kappa shape index (κ3) is 2.94. The summed E-state index contributed by atoms with van der Waals surface area (Å²) in [6.45, 7) is 0.606. The number of carbonyl (C=O) groups is 2. The number of nitrogens with zero attached hydrogens (tertiary/aromatic N) is 1. The van der Waals surface area contributed by atoms with Gasteiger partial charge >= 0.3 is 5.97 Å². The number of amides is 1. The fraction of sp³-hybridized carbons (Fsp3) is 0.385. The van der Waals surface area contributed by atoms with Crippen molar-refractivity contribution < 1.29 is 19.1 Å². The number of halogens is 2. The van der Waals surface area contributed by atoms with Gasteiger partial charge in [-0.15, -0.1) is 0 Å². The van der Waals surface area contributed by atoms with E-state index in [1.165, 1.54) is 17.0 Å². The number of carboxylic acids is 1. The summed E-state index contributed by atoms with van der Waals surface area (Å²) in [6.07, 6.45) is 1.18. The van der Waals surface area contributed by atoms with Gasteiger partial charge in [0, 0.05) is 13.1 Å². The van der Waals surface area contributed by atoms with Crippen LogP contribution in [0.3, 0.4) is 0 Å². The molecule has 19 heavy (non-hydrogen) atoms. The fourth-order valence-electron chi connectivity index (χ4n) is 2.20. The molecule has 6 heteroatoms. The van der Waals surface area contributed by atoms with Crippen LogP contribution in [0.1, 0.15) is 23.2 Å². The van der Waals surface area contributed by atoms with Gasteiger partial charge in [-0.3, -0.25) is 9.59 Å². The Hall–Kier alpha value is -1.43. The van der Waals surface area contributed by atoms with Crippen LogP contribution in [-0.2, 0) is 4.79 Å². The van der Waals surface area contributed by atoms with Crippen LogP contribution < -0.4 is 0 Å². The molecule has 1 heterocycles. The Labute approximate surface area is 118 Å². The van der Waals surface area contributed by atoms with Crippen LogP contribution >= 0.6 is 15.9 Å². The average molecular weight is 330 g/mol. The second-order valence-corrected chi connectivity index (χ2v) is 5.38. The molecule has 0 saturated carbocycles. The number of hydrogen-bond acceptors (Lipinski definition) is 2. The second kappa shape index (κ2) is 5.69. The first-order valence-electron chi connectivity index (χ1n) is 5.97. The van der Waals surface area contributed by atoms with E-state index >= 15 is 0 Å². The summed E-state index contributed by atoms with van der Waals surface area (Å²) in [5.41, 5.74) is -0.0274. The van der Waals surface area contributed by atoms with Crippen molar-refractivity contribution in [1.29, 1.82) is 0 Å². The number of aliphatic carboxylic acids is 1. The summed E-state index contributed by atoms with van der Waals surface area (Å²) in [5.74, 6) is -2.53. The first kappa shape index (κ1) is 14.0. The quantitative estimate of drug-likeness (QED) is 0.907. The van der Waals surface area contributed by atoms with E-state index in [0.29, 0.717) is 19.4 Å². The molecule has 1 aromatic carbocycles. The molecule has 0 aromatic heterocycles. The van der Waals surface area contributed by atoms with Crippen LogP contribution in [0.4, 0.5) is 4.39 Å². The SMILES string of the molecule is O=C(O)[C@@H]1CCCN(C(=O)c2cccc(Br)c2F)C1. The molecule has 0 spiro atoms. The molecular weight excluding hydrogens is 317 g/mol. The lowest BCUT2D eigenvalue weighted by atomic mass is 9.97. The number of hydrogen-bond donors (Lipinski definition) is 1. The van der Waals surface area contributed by atoms with Crippen LogP contribution in [-0.4, -0.2) is 35.0 Å². The number of piperidine rings is 1. The van der Waals surface area contributed by atoms with Crippen LogP contribution in [0.25, 0.3) is 0 Å². The normalized spacial score (nSPS) is 19.3. The van der Waals surface area contributed by atoms with Crippen molar-refractivity contribution in [3.8, 4) is 0 Å². The van der Waals surface area contributed by atoms with Crippen LogP contribution in [0.5, 0.6) is 0 Å². The lowest BCUT2D eigenvalue weighted by molar-refractivity contribution is -0.143. The standard InChI is InChI=1S/C13H13BrFNO3/c14-10-5-1-4-9(11(10)15)12(17)16-6-2-3-8(7-16)13(18)19/h1,4-5,8H,2-3,6-7H2,(H,18,19)/t8-/m1/s1. The molecule has 0 unspecified atom stereocenters. The highest BCUT2D eigenvalue weighted by atomic mass is 79.9. The maximum Gasteiger partial charge on any atom is 0.308 e. The van der Waals surface area contributed by atoms with Gasteiger partial charge in [0.15, 0.2) is 0 Å². The molecule has 2 rings (SSSR count). The highest BCUT2D eigenvalue weighted by Gasteiger charge is 2.29. The van der Waals surface area contributed by atoms with Crippen LogP contribution in [0.2, 0.25) is 0 Å². The summed E-state index contributed by atoms with van der Waals surface area (Å²) >= 11 is 3.03. The summed E-state index contributed by atoms with van der Waals surface area (Å²) in [7, 11) is 0. The van der Waals surface area contributed by atoms with Crippen LogP contribution in [0, 0.1) is 11.7 Å². The number of rotatable bonds is 2. The largest absolute Gasteiger partial charge is 0.481 e. The van der Waals surface area contributed by atoms with E-state index in [1.807, 2.05) is 0 Å². The molecule has 0 radical (unpaired) electrons. The molecule has 4 nitrogen and oxygen atoms in total. The third-order valence-corrected chi connectivity index (χ3v) is 3.85. The van der Waals surface area contributed by atoms with Crippen molar-refractivity contribution in [2.45, 2.75) is 12.8 Å². The summed E-state index contributed by atoms with van der Waals surface area (Å²) in [5, 5.41) is 8.99. The van der Waals surface area contributed by atoms with Crippen molar-refractivity contribution >= 4 is 27.8 Å². The first-order chi connectivity index (χ1) is 9.00. The van der Waals surface area contributed by atoms with Crippen molar-refractivity contribution in [2.75, 3.05) is 13.1 Å². The zero-order chi connectivity index (χ0) is 14.0. The van der Waals surface area contributed by atoms with Crippen molar-refractivity contribution in [1.82, 2.24) is 4.90 Å². The molecule has 0 bridgehead atoms. The molecule has 1 fully saturated rings. The molecule has 0 aliphatic carbocycles. The van der Waals surface area contributed by atoms with E-state index in [1.54, 1.807) is 6.07 Å². The zero-order valence-electron chi connectivity index (χ0n) is 10.1. The molecule has 102 valence electrons. The molecule has 1 N–H and O–H groups in total. The minimum Gasteiger partial charge on any atom is -0.481 e. The average Bonchev–Trinajstić information content (AvgIpc) is 2.41. The van der Waals surface area contributed by atoms with Crippen molar-refractivity contribution in [2.24, 2.45) is 5.92 Å². The Bertz CT molecular complexity index is 521. The topological polar surface area (TPSA) is 57.6 Å². The monoisotopic (exact) mass is 329 g/mol. The van der Waals surface area contributed by atoms with Gasteiger partial charge < -0.3 is 10.0 Å². The Kier molecular flexibility index (Phi) is 4.19. The number of benzene rings is 1. The van der Waals surface area contributed by atoms with Gasteiger partial charge in [0.05, 0.1) is 16.0 Å². The number of carboxylic acid groups (broad SMARTS) is 1. The summed E-state index contributed by atoms with van der Waals surface area (Å²) in [4.78, 5) is 24.6. The third-order valence-electron chi connectivity index (χ3n) is 3.24. The maximum atomic E-state index is 13.9. The number of carbonyl (C=O) groups excluding carboxylic acids is 1. The van der Waals surface area contributed by atoms with E-state index in [0.717, 1.165) is 0 Å². The minimum absolute atomic E-state index is 0.0274. The van der Waals surface area contributed by atoms with Gasteiger partial charge in [-0.1, -0.05) is 6.07 Å². The maximum absolute atomic E-state index is 13.9. The predicted octanol–water partition coefficient (Wildman–Crippen LogP) is 2.53. The van der Waals surface area contributed by atoms with Gasteiger partial charge in [-0.25, -0.2) is 4.39 Å². The van der Waals surface area contributed by atoms with E-state index in [2.05, 4.69) is 15.9 Å². The Balaban J connectivity index is 2.19. The minimum atomic E-state index is -0.910. The predicted molar refractivity (Wildman–Crippen MR) is 70.4 cm³/mol. The molecule has 1 saturated heterocycles. The second-order valence-electron chi connectivity index (χ2n) is 4.53. The lowest BCUT2D eigenvalue weighted by Gasteiger charge is -2.30. The molecule has 1 aliphatic heterocycles. The highest BCUT2D eigenvalue weighted by Crippen LogP contribution is 2.23. The molecule has 1 amide bonds. The molecule has 1 atom stereocenters. The molecule has 1 aromatic rings. The van der Waals surface area contributed by atoms with E-state index in [-0.39, 0.29) is 16.6 Å². The number of likely N-dealkylation sites (tertiary alicyclic amines) is 1. The smallest absolute Gasteiger partial charge is 0.308 e. The van der Waals surface area contributed by atoms with Crippen molar-refractivity contribution in [3.63, 3.8) is 0 Å². The van der Waals surface area contributed by atoms with E-state index in [9.17, 15) is 14.0 Å². The van der Waals surface area contributed by atoms with Crippen molar-refractivity contribution in [3.05, 3.63) is 34.1 Å². The van der Waals surface area contributed by atoms with Gasteiger partial charge in [-0.2, -0.15) is 0 Å². The van der Waals surface area contributed by atoms with Gasteiger partial charge in [-0.05, 0) is 40.9 Å². The highest BCUT2D eigenvalue weighted by molar-refractivity contribution is 9.10. The summed E-state index contributed by atoms with van der Waals surface area (Å²) < 4.78 is 14.1. The van der Waals surface area contributed by atoms with Gasteiger partial charge in [0.25, 0.3) is 5.91 Å². The molecule has 1 aliphatic rings. The first-order valence-corrected chi connectivity index (χ1v) is 6.76. The molecular formula is C13H13BrFNO3.